The molecule has 3 N–H and O–H groups in total. The number of carbonyl (C=O) groups is 1. The van der Waals surface area contributed by atoms with Crippen LogP contribution in [0.25, 0.3) is 0 Å². The highest BCUT2D eigenvalue weighted by molar-refractivity contribution is 5.69. The minimum Gasteiger partial charge on any atom is -0.444 e. The zero-order valence-electron chi connectivity index (χ0n) is 20.0. The number of rotatable bonds is 7. The molecule has 1 aliphatic heterocycles. The fourth-order valence-corrected chi connectivity index (χ4v) is 4.17. The van der Waals surface area contributed by atoms with Crippen molar-refractivity contribution in [1.82, 2.24) is 4.90 Å². The number of aliphatic hydroxyl groups is 1. The molecule has 34 heavy (non-hydrogen) atoms. The summed E-state index contributed by atoms with van der Waals surface area (Å²) >= 11 is 0. The number of nitrogens with two attached hydrogens (primary N) is 1. The number of benzene rings is 2. The van der Waals surface area contributed by atoms with Gasteiger partial charge in [0.1, 0.15) is 23.0 Å². The number of hydrogen-bond acceptors (Lipinski definition) is 5. The average molecular weight is 477 g/mol. The molecule has 1 aliphatic rings. The van der Waals surface area contributed by atoms with Gasteiger partial charge in [0.2, 0.25) is 0 Å². The monoisotopic (exact) mass is 476 g/mol. The van der Waals surface area contributed by atoms with Gasteiger partial charge in [-0.05, 0) is 69.7 Å². The molecule has 3 atom stereocenters. The number of piperidine rings is 1. The quantitative estimate of drug-likeness (QED) is 0.574. The van der Waals surface area contributed by atoms with Crippen molar-refractivity contribution in [3.8, 4) is 0 Å². The summed E-state index contributed by atoms with van der Waals surface area (Å²) in [5.41, 5.74) is 5.18. The molecule has 1 amide bonds. The second-order valence-corrected chi connectivity index (χ2v) is 9.91. The molecule has 0 aliphatic carbocycles. The standard InChI is InChI=1S/C26H34F2N2O4/c1-25(2,3)34-24(31)30-16-22(33-17-18-7-5-4-6-8-18)9-10-23(30)26(29,32)12-11-19-13-20(27)15-21(28)14-19/h4-8,13-15,22-23,32H,9-12,16-17,29H2,1-3H3/t22-,23-,26?/m1/s1. The Bertz CT molecular complexity index is 943. The third-order valence-electron chi connectivity index (χ3n) is 5.81. The highest BCUT2D eigenvalue weighted by Gasteiger charge is 2.44. The third kappa shape index (κ3) is 7.48. The van der Waals surface area contributed by atoms with E-state index in [1.54, 1.807) is 20.8 Å². The van der Waals surface area contributed by atoms with Crippen LogP contribution in [0.15, 0.2) is 48.5 Å². The van der Waals surface area contributed by atoms with E-state index in [9.17, 15) is 18.7 Å². The van der Waals surface area contributed by atoms with E-state index in [4.69, 9.17) is 15.2 Å². The zero-order valence-corrected chi connectivity index (χ0v) is 20.0. The molecule has 2 aromatic rings. The Balaban J connectivity index is 1.71. The number of likely N-dealkylation sites (tertiary alicyclic amines) is 1. The summed E-state index contributed by atoms with van der Waals surface area (Å²) in [6, 6.07) is 12.2. The molecule has 1 fully saturated rings. The van der Waals surface area contributed by atoms with E-state index >= 15 is 0 Å². The van der Waals surface area contributed by atoms with Crippen LogP contribution in [0.2, 0.25) is 0 Å². The van der Waals surface area contributed by atoms with Gasteiger partial charge in [0, 0.05) is 6.07 Å². The van der Waals surface area contributed by atoms with Gasteiger partial charge in [0.15, 0.2) is 0 Å². The van der Waals surface area contributed by atoms with Gasteiger partial charge in [-0.2, -0.15) is 0 Å². The lowest BCUT2D eigenvalue weighted by molar-refractivity contribution is -0.101. The number of ether oxygens (including phenoxy) is 2. The molecule has 1 heterocycles. The minimum atomic E-state index is -1.79. The molecular formula is C26H34F2N2O4. The van der Waals surface area contributed by atoms with Crippen LogP contribution in [0.3, 0.4) is 0 Å². The maximum atomic E-state index is 13.5. The first-order valence-corrected chi connectivity index (χ1v) is 11.5. The Morgan fingerprint density at radius 3 is 2.35 bits per heavy atom. The third-order valence-corrected chi connectivity index (χ3v) is 5.81. The second kappa shape index (κ2) is 10.8. The molecule has 0 saturated carbocycles. The first-order chi connectivity index (χ1) is 15.9. The maximum absolute atomic E-state index is 13.5. The summed E-state index contributed by atoms with van der Waals surface area (Å²) in [6.07, 6.45) is 0.293. The first-order valence-electron chi connectivity index (χ1n) is 11.5. The van der Waals surface area contributed by atoms with Crippen molar-refractivity contribution in [2.75, 3.05) is 6.54 Å². The van der Waals surface area contributed by atoms with Crippen molar-refractivity contribution in [2.45, 2.75) is 76.5 Å². The van der Waals surface area contributed by atoms with Crippen molar-refractivity contribution >= 4 is 6.09 Å². The molecule has 1 unspecified atom stereocenters. The molecule has 6 nitrogen and oxygen atoms in total. The highest BCUT2D eigenvalue weighted by Crippen LogP contribution is 2.30. The van der Waals surface area contributed by atoms with Crippen molar-refractivity contribution in [3.63, 3.8) is 0 Å². The predicted octanol–water partition coefficient (Wildman–Crippen LogP) is 4.53. The summed E-state index contributed by atoms with van der Waals surface area (Å²) in [7, 11) is 0. The van der Waals surface area contributed by atoms with Crippen molar-refractivity contribution in [2.24, 2.45) is 5.73 Å². The molecule has 3 rings (SSSR count). The van der Waals surface area contributed by atoms with Gasteiger partial charge >= 0.3 is 6.09 Å². The van der Waals surface area contributed by atoms with Crippen LogP contribution in [-0.4, -0.2) is 46.1 Å². The van der Waals surface area contributed by atoms with Crippen molar-refractivity contribution < 1.29 is 28.2 Å². The number of amides is 1. The number of carbonyl (C=O) groups excluding carboxylic acids is 1. The highest BCUT2D eigenvalue weighted by atomic mass is 19.1. The minimum absolute atomic E-state index is 0.00932. The van der Waals surface area contributed by atoms with E-state index in [2.05, 4.69) is 0 Å². The topological polar surface area (TPSA) is 85.0 Å². The van der Waals surface area contributed by atoms with Gasteiger partial charge in [0.25, 0.3) is 0 Å². The van der Waals surface area contributed by atoms with Crippen LogP contribution in [-0.2, 0) is 22.5 Å². The summed E-state index contributed by atoms with van der Waals surface area (Å²) in [4.78, 5) is 14.5. The van der Waals surface area contributed by atoms with Crippen LogP contribution < -0.4 is 5.73 Å². The molecule has 8 heteroatoms. The number of hydrogen-bond donors (Lipinski definition) is 2. The summed E-state index contributed by atoms with van der Waals surface area (Å²) < 4.78 is 38.7. The summed E-state index contributed by atoms with van der Waals surface area (Å²) in [5, 5.41) is 11.2. The normalized spacial score (nSPS) is 20.6. The van der Waals surface area contributed by atoms with Crippen LogP contribution in [0.5, 0.6) is 0 Å². The molecule has 0 radical (unpaired) electrons. The first kappa shape index (κ1) is 26.1. The lowest BCUT2D eigenvalue weighted by Crippen LogP contribution is -2.64. The van der Waals surface area contributed by atoms with Gasteiger partial charge < -0.3 is 20.3 Å². The van der Waals surface area contributed by atoms with Gasteiger partial charge in [0.05, 0.1) is 25.3 Å². The molecule has 186 valence electrons. The smallest absolute Gasteiger partial charge is 0.410 e. The van der Waals surface area contributed by atoms with E-state index in [0.717, 1.165) is 11.6 Å². The predicted molar refractivity (Wildman–Crippen MR) is 125 cm³/mol. The van der Waals surface area contributed by atoms with Crippen LogP contribution in [0.4, 0.5) is 13.6 Å². The maximum Gasteiger partial charge on any atom is 0.410 e. The molecular weight excluding hydrogens is 442 g/mol. The Hall–Kier alpha value is -2.55. The summed E-state index contributed by atoms with van der Waals surface area (Å²) in [6.45, 7) is 5.90. The Morgan fingerprint density at radius 1 is 1.09 bits per heavy atom. The molecule has 0 aromatic heterocycles. The fourth-order valence-electron chi connectivity index (χ4n) is 4.17. The molecule has 0 spiro atoms. The number of aryl methyl sites for hydroxylation is 1. The second-order valence-electron chi connectivity index (χ2n) is 9.91. The van der Waals surface area contributed by atoms with Crippen LogP contribution in [0.1, 0.15) is 51.2 Å². The Morgan fingerprint density at radius 2 is 1.74 bits per heavy atom. The average Bonchev–Trinajstić information content (AvgIpc) is 2.75. The van der Waals surface area contributed by atoms with Gasteiger partial charge in [-0.15, -0.1) is 0 Å². The van der Waals surface area contributed by atoms with Gasteiger partial charge in [-0.3, -0.25) is 4.90 Å². The van der Waals surface area contributed by atoms with Crippen molar-refractivity contribution in [1.29, 1.82) is 0 Å². The lowest BCUT2D eigenvalue weighted by atomic mass is 9.88. The zero-order chi connectivity index (χ0) is 24.9. The largest absolute Gasteiger partial charge is 0.444 e. The van der Waals surface area contributed by atoms with Gasteiger partial charge in [-0.25, -0.2) is 13.6 Å². The van der Waals surface area contributed by atoms with Crippen LogP contribution >= 0.6 is 0 Å². The Labute approximate surface area is 199 Å². The van der Waals surface area contributed by atoms with E-state index in [1.807, 2.05) is 30.3 Å². The number of halogens is 2. The SMILES string of the molecule is CC(C)(C)OC(=O)N1C[C@H](OCc2ccccc2)CC[C@@H]1C(N)(O)CCc1cc(F)cc(F)c1. The van der Waals surface area contributed by atoms with E-state index in [1.165, 1.54) is 17.0 Å². The van der Waals surface area contributed by atoms with E-state index in [0.29, 0.717) is 25.0 Å². The lowest BCUT2D eigenvalue weighted by Gasteiger charge is -2.45. The summed E-state index contributed by atoms with van der Waals surface area (Å²) in [5.74, 6) is -1.39. The van der Waals surface area contributed by atoms with Crippen LogP contribution in [0, 0.1) is 11.6 Å². The number of nitrogens with zero attached hydrogens (tertiary/aromatic N) is 1. The Kier molecular flexibility index (Phi) is 8.28. The molecule has 0 bridgehead atoms. The van der Waals surface area contributed by atoms with Gasteiger partial charge in [-0.1, -0.05) is 30.3 Å². The van der Waals surface area contributed by atoms with Crippen molar-refractivity contribution in [3.05, 3.63) is 71.3 Å². The molecule has 2 aromatic carbocycles. The molecule has 1 saturated heterocycles. The van der Waals surface area contributed by atoms with E-state index in [-0.39, 0.29) is 25.5 Å². The van der Waals surface area contributed by atoms with E-state index < -0.39 is 35.1 Å². The fraction of sp³-hybridized carbons (Fsp3) is 0.500.